The zero-order chi connectivity index (χ0) is 19.4. The van der Waals surface area contributed by atoms with Crippen molar-refractivity contribution in [3.8, 4) is 0 Å². The van der Waals surface area contributed by atoms with Gasteiger partial charge in [0, 0.05) is 33.2 Å². The zero-order valence-corrected chi connectivity index (χ0v) is 15.2. The summed E-state index contributed by atoms with van der Waals surface area (Å²) in [5, 5.41) is 3.80. The molecule has 0 fully saturated rings. The van der Waals surface area contributed by atoms with Gasteiger partial charge in [0.05, 0.1) is 0 Å². The van der Waals surface area contributed by atoms with Gasteiger partial charge in [0.1, 0.15) is 6.04 Å². The molecule has 3 rings (SSSR count). The topological polar surface area (TPSA) is 88.3 Å². The van der Waals surface area contributed by atoms with Gasteiger partial charge in [-0.1, -0.05) is 29.8 Å². The Balaban J connectivity index is 1.56. The molecular formula is C20H17ClN2O4. The van der Waals surface area contributed by atoms with Crippen molar-refractivity contribution >= 4 is 40.2 Å². The molecule has 0 bridgehead atoms. The third kappa shape index (κ3) is 4.35. The van der Waals surface area contributed by atoms with Gasteiger partial charge in [0.25, 0.3) is 5.91 Å². The van der Waals surface area contributed by atoms with E-state index >= 15 is 0 Å². The van der Waals surface area contributed by atoms with Crippen LogP contribution in [-0.4, -0.2) is 35.3 Å². The summed E-state index contributed by atoms with van der Waals surface area (Å²) >= 11 is 5.78. The van der Waals surface area contributed by atoms with Crippen LogP contribution in [0.1, 0.15) is 27.6 Å². The quantitative estimate of drug-likeness (QED) is 0.503. The van der Waals surface area contributed by atoms with Crippen LogP contribution in [0.25, 0.3) is 10.9 Å². The fourth-order valence-electron chi connectivity index (χ4n) is 2.58. The van der Waals surface area contributed by atoms with E-state index in [1.54, 1.807) is 30.5 Å². The lowest BCUT2D eigenvalue weighted by Gasteiger charge is -2.13. The Bertz CT molecular complexity index is 995. The first-order valence-corrected chi connectivity index (χ1v) is 8.66. The van der Waals surface area contributed by atoms with Gasteiger partial charge in [-0.2, -0.15) is 0 Å². The molecule has 0 radical (unpaired) electrons. The first-order chi connectivity index (χ1) is 13.0. The van der Waals surface area contributed by atoms with E-state index in [1.165, 1.54) is 6.92 Å². The highest BCUT2D eigenvalue weighted by atomic mass is 35.5. The first kappa shape index (κ1) is 18.7. The molecule has 2 aromatic carbocycles. The number of para-hydroxylation sites is 1. The largest absolute Gasteiger partial charge is 0.456 e. The second kappa shape index (κ2) is 8.05. The van der Waals surface area contributed by atoms with Crippen LogP contribution in [0.2, 0.25) is 5.02 Å². The molecular weight excluding hydrogens is 368 g/mol. The number of carbonyl (C=O) groups excluding carboxylic acids is 3. The van der Waals surface area contributed by atoms with Crippen LogP contribution in [0.4, 0.5) is 0 Å². The van der Waals surface area contributed by atoms with Crippen molar-refractivity contribution in [3.63, 3.8) is 0 Å². The van der Waals surface area contributed by atoms with Crippen molar-refractivity contribution in [2.24, 2.45) is 0 Å². The maximum atomic E-state index is 12.3. The van der Waals surface area contributed by atoms with Gasteiger partial charge < -0.3 is 15.0 Å². The Morgan fingerprint density at radius 1 is 1.11 bits per heavy atom. The zero-order valence-electron chi connectivity index (χ0n) is 14.5. The smallest absolute Gasteiger partial charge is 0.328 e. The first-order valence-electron chi connectivity index (χ1n) is 8.28. The number of aromatic nitrogens is 1. The third-order valence-corrected chi connectivity index (χ3v) is 4.29. The number of hydrogen-bond donors (Lipinski definition) is 2. The summed E-state index contributed by atoms with van der Waals surface area (Å²) in [5.41, 5.74) is 1.65. The molecule has 0 saturated heterocycles. The standard InChI is InChI=1S/C20H17ClN2O4/c1-12(23-19(25)13-6-8-14(21)9-7-13)20(26)27-11-18(24)16-10-22-17-5-3-2-4-15(16)17/h2-10,12,22H,11H2,1H3,(H,23,25)/t12-/m0/s1. The van der Waals surface area contributed by atoms with E-state index in [4.69, 9.17) is 16.3 Å². The third-order valence-electron chi connectivity index (χ3n) is 4.04. The minimum absolute atomic E-state index is 0.322. The maximum Gasteiger partial charge on any atom is 0.328 e. The number of fused-ring (bicyclic) bond motifs is 1. The number of hydrogen-bond acceptors (Lipinski definition) is 4. The number of aromatic amines is 1. The van der Waals surface area contributed by atoms with Crippen LogP contribution >= 0.6 is 11.6 Å². The molecule has 0 spiro atoms. The number of benzene rings is 2. The molecule has 6 nitrogen and oxygen atoms in total. The molecule has 3 aromatic rings. The van der Waals surface area contributed by atoms with Crippen molar-refractivity contribution < 1.29 is 19.1 Å². The number of ether oxygens (including phenoxy) is 1. The van der Waals surface area contributed by atoms with E-state index in [-0.39, 0.29) is 5.78 Å². The van der Waals surface area contributed by atoms with Crippen LogP contribution in [-0.2, 0) is 9.53 Å². The summed E-state index contributed by atoms with van der Waals surface area (Å²) in [6.45, 7) is 1.09. The molecule has 0 aliphatic carbocycles. The van der Waals surface area contributed by atoms with Gasteiger partial charge in [-0.25, -0.2) is 4.79 Å². The van der Waals surface area contributed by atoms with Crippen LogP contribution in [0.15, 0.2) is 54.7 Å². The summed E-state index contributed by atoms with van der Waals surface area (Å²) in [4.78, 5) is 39.5. The molecule has 1 amide bonds. The molecule has 1 heterocycles. The number of rotatable bonds is 6. The highest BCUT2D eigenvalue weighted by Gasteiger charge is 2.20. The molecule has 1 atom stereocenters. The minimum Gasteiger partial charge on any atom is -0.456 e. The Kier molecular flexibility index (Phi) is 5.57. The van der Waals surface area contributed by atoms with E-state index in [0.29, 0.717) is 16.1 Å². The van der Waals surface area contributed by atoms with E-state index in [2.05, 4.69) is 10.3 Å². The number of halogens is 1. The number of H-pyrrole nitrogens is 1. The minimum atomic E-state index is -0.899. The molecule has 0 saturated carbocycles. The maximum absolute atomic E-state index is 12.3. The molecule has 27 heavy (non-hydrogen) atoms. The lowest BCUT2D eigenvalue weighted by Crippen LogP contribution is -2.40. The molecule has 1 aromatic heterocycles. The highest BCUT2D eigenvalue weighted by Crippen LogP contribution is 2.18. The lowest BCUT2D eigenvalue weighted by atomic mass is 10.1. The van der Waals surface area contributed by atoms with Gasteiger partial charge in [-0.3, -0.25) is 9.59 Å². The Morgan fingerprint density at radius 2 is 1.81 bits per heavy atom. The second-order valence-electron chi connectivity index (χ2n) is 5.98. The van der Waals surface area contributed by atoms with Crippen molar-refractivity contribution in [2.75, 3.05) is 6.61 Å². The Morgan fingerprint density at radius 3 is 2.56 bits per heavy atom. The van der Waals surface area contributed by atoms with E-state index in [1.807, 2.05) is 24.3 Å². The summed E-state index contributed by atoms with van der Waals surface area (Å²) in [5.74, 6) is -1.44. The average Bonchev–Trinajstić information content (AvgIpc) is 3.10. The number of ketones is 1. The number of amides is 1. The van der Waals surface area contributed by atoms with Crippen LogP contribution in [0, 0.1) is 0 Å². The molecule has 0 aliphatic rings. The van der Waals surface area contributed by atoms with E-state index in [0.717, 1.165) is 10.9 Å². The SMILES string of the molecule is C[C@H](NC(=O)c1ccc(Cl)cc1)C(=O)OCC(=O)c1c[nH]c2ccccc12. The Labute approximate surface area is 160 Å². The van der Waals surface area contributed by atoms with Crippen LogP contribution < -0.4 is 5.32 Å². The number of esters is 1. The van der Waals surface area contributed by atoms with Gasteiger partial charge >= 0.3 is 5.97 Å². The van der Waals surface area contributed by atoms with E-state index < -0.39 is 24.5 Å². The van der Waals surface area contributed by atoms with Gasteiger partial charge in [0.15, 0.2) is 6.61 Å². The number of Topliss-reactive ketones (excluding diaryl/α,β-unsaturated/α-hetero) is 1. The highest BCUT2D eigenvalue weighted by molar-refractivity contribution is 6.30. The fraction of sp³-hybridized carbons (Fsp3) is 0.150. The monoisotopic (exact) mass is 384 g/mol. The summed E-state index contributed by atoms with van der Waals surface area (Å²) in [6, 6.07) is 12.7. The average molecular weight is 385 g/mol. The summed E-state index contributed by atoms with van der Waals surface area (Å²) in [7, 11) is 0. The van der Waals surface area contributed by atoms with Crippen molar-refractivity contribution in [1.29, 1.82) is 0 Å². The van der Waals surface area contributed by atoms with E-state index in [9.17, 15) is 14.4 Å². The normalized spacial score (nSPS) is 11.8. The molecule has 7 heteroatoms. The molecule has 2 N–H and O–H groups in total. The molecule has 0 unspecified atom stereocenters. The number of carbonyl (C=O) groups is 3. The van der Waals surface area contributed by atoms with Crippen molar-refractivity contribution in [2.45, 2.75) is 13.0 Å². The van der Waals surface area contributed by atoms with Gasteiger partial charge in [-0.05, 0) is 37.3 Å². The summed E-state index contributed by atoms with van der Waals surface area (Å²) < 4.78 is 5.06. The predicted molar refractivity (Wildman–Crippen MR) is 102 cm³/mol. The Hall–Kier alpha value is -3.12. The second-order valence-corrected chi connectivity index (χ2v) is 6.42. The van der Waals surface area contributed by atoms with Crippen LogP contribution in [0.3, 0.4) is 0 Å². The predicted octanol–water partition coefficient (Wildman–Crippen LogP) is 3.37. The van der Waals surface area contributed by atoms with Crippen molar-refractivity contribution in [1.82, 2.24) is 10.3 Å². The van der Waals surface area contributed by atoms with Crippen LogP contribution in [0.5, 0.6) is 0 Å². The van der Waals surface area contributed by atoms with Crippen molar-refractivity contribution in [3.05, 3.63) is 70.9 Å². The number of nitrogens with one attached hydrogen (secondary N) is 2. The fourth-order valence-corrected chi connectivity index (χ4v) is 2.71. The molecule has 138 valence electrons. The van der Waals surface area contributed by atoms with Gasteiger partial charge in [-0.15, -0.1) is 0 Å². The molecule has 0 aliphatic heterocycles. The summed E-state index contributed by atoms with van der Waals surface area (Å²) in [6.07, 6.45) is 1.59. The lowest BCUT2D eigenvalue weighted by molar-refractivity contribution is -0.144. The van der Waals surface area contributed by atoms with Gasteiger partial charge in [0.2, 0.25) is 5.78 Å².